The van der Waals surface area contributed by atoms with Gasteiger partial charge in [-0.05, 0) is 48.9 Å². The second-order valence-corrected chi connectivity index (χ2v) is 9.21. The van der Waals surface area contributed by atoms with Gasteiger partial charge in [-0.3, -0.25) is 4.99 Å². The van der Waals surface area contributed by atoms with E-state index in [4.69, 9.17) is 16.3 Å². The van der Waals surface area contributed by atoms with E-state index in [9.17, 15) is 8.42 Å². The molecule has 0 aromatic heterocycles. The number of hydrogen-bond acceptors (Lipinski definition) is 4. The van der Waals surface area contributed by atoms with Crippen molar-refractivity contribution in [2.45, 2.75) is 24.5 Å². The third kappa shape index (κ3) is 6.92. The average Bonchev–Trinajstić information content (AvgIpc) is 2.70. The Morgan fingerprint density at radius 3 is 2.28 bits per heavy atom. The van der Waals surface area contributed by atoms with Gasteiger partial charge in [0.1, 0.15) is 11.9 Å². The quantitative estimate of drug-likeness (QED) is 0.489. The van der Waals surface area contributed by atoms with Crippen molar-refractivity contribution in [3.8, 4) is 5.75 Å². The molecule has 2 N–H and O–H groups in total. The molecule has 0 aliphatic carbocycles. The Morgan fingerprint density at radius 2 is 1.72 bits per heavy atom. The molecular formula is C20H27ClN4O3S. The van der Waals surface area contributed by atoms with Gasteiger partial charge in [0.25, 0.3) is 0 Å². The van der Waals surface area contributed by atoms with Crippen LogP contribution in [0.3, 0.4) is 0 Å². The molecule has 0 heterocycles. The third-order valence-electron chi connectivity index (χ3n) is 4.09. The predicted octanol–water partition coefficient (Wildman–Crippen LogP) is 2.72. The average molecular weight is 439 g/mol. The standard InChI is InChI=1S/C20H27ClN4O3S/c1-15(28-18-9-7-17(21)8-10-18)13-23-20(22-2)24-14-16-5-11-19(12-6-16)29(26,27)25(3)4/h5-12,15H,13-14H2,1-4H3,(H2,22,23,24). The fourth-order valence-electron chi connectivity index (χ4n) is 2.42. The maximum atomic E-state index is 12.1. The zero-order valence-corrected chi connectivity index (χ0v) is 18.6. The molecule has 0 bridgehead atoms. The smallest absolute Gasteiger partial charge is 0.242 e. The van der Waals surface area contributed by atoms with Gasteiger partial charge in [-0.25, -0.2) is 12.7 Å². The lowest BCUT2D eigenvalue weighted by Crippen LogP contribution is -2.41. The van der Waals surface area contributed by atoms with E-state index in [0.717, 1.165) is 11.3 Å². The first-order valence-electron chi connectivity index (χ1n) is 9.10. The summed E-state index contributed by atoms with van der Waals surface area (Å²) < 4.78 is 31.3. The van der Waals surface area contributed by atoms with Crippen LogP contribution in [0.5, 0.6) is 5.75 Å². The van der Waals surface area contributed by atoms with Crippen LogP contribution in [0.25, 0.3) is 0 Å². The molecule has 1 atom stereocenters. The van der Waals surface area contributed by atoms with E-state index in [2.05, 4.69) is 15.6 Å². The summed E-state index contributed by atoms with van der Waals surface area (Å²) in [5.41, 5.74) is 0.941. The highest BCUT2D eigenvalue weighted by Crippen LogP contribution is 2.16. The molecule has 0 aliphatic heterocycles. The van der Waals surface area contributed by atoms with Gasteiger partial charge >= 0.3 is 0 Å². The maximum Gasteiger partial charge on any atom is 0.242 e. The van der Waals surface area contributed by atoms with E-state index in [1.807, 2.05) is 19.1 Å². The highest BCUT2D eigenvalue weighted by atomic mass is 35.5. The van der Waals surface area contributed by atoms with Crippen LogP contribution >= 0.6 is 11.6 Å². The molecule has 1 unspecified atom stereocenters. The molecule has 0 radical (unpaired) electrons. The summed E-state index contributed by atoms with van der Waals surface area (Å²) >= 11 is 5.88. The van der Waals surface area contributed by atoms with Crippen LogP contribution in [-0.4, -0.2) is 52.5 Å². The van der Waals surface area contributed by atoms with Gasteiger partial charge < -0.3 is 15.4 Å². The van der Waals surface area contributed by atoms with Gasteiger partial charge in [0, 0.05) is 32.7 Å². The molecule has 0 saturated carbocycles. The van der Waals surface area contributed by atoms with Gasteiger partial charge in [-0.2, -0.15) is 0 Å². The first-order chi connectivity index (χ1) is 13.7. The molecule has 29 heavy (non-hydrogen) atoms. The van der Waals surface area contributed by atoms with Gasteiger partial charge in [0.2, 0.25) is 10.0 Å². The molecule has 2 rings (SSSR count). The van der Waals surface area contributed by atoms with E-state index in [1.54, 1.807) is 43.4 Å². The highest BCUT2D eigenvalue weighted by Gasteiger charge is 2.16. The lowest BCUT2D eigenvalue weighted by atomic mass is 10.2. The van der Waals surface area contributed by atoms with Gasteiger partial charge in [-0.15, -0.1) is 0 Å². The third-order valence-corrected chi connectivity index (χ3v) is 6.17. The van der Waals surface area contributed by atoms with E-state index in [1.165, 1.54) is 18.4 Å². The van der Waals surface area contributed by atoms with Gasteiger partial charge in [0.15, 0.2) is 5.96 Å². The Bertz CT molecular complexity index is 914. The molecule has 2 aromatic carbocycles. The number of ether oxygens (including phenoxy) is 1. The molecule has 0 aliphatic rings. The van der Waals surface area contributed by atoms with Crippen molar-refractivity contribution in [1.29, 1.82) is 0 Å². The number of halogens is 1. The van der Waals surface area contributed by atoms with Crippen molar-refractivity contribution in [2.24, 2.45) is 4.99 Å². The van der Waals surface area contributed by atoms with Crippen LogP contribution < -0.4 is 15.4 Å². The first-order valence-corrected chi connectivity index (χ1v) is 10.9. The number of hydrogen-bond donors (Lipinski definition) is 2. The summed E-state index contributed by atoms with van der Waals surface area (Å²) in [6, 6.07) is 14.0. The molecule has 9 heteroatoms. The topological polar surface area (TPSA) is 83.0 Å². The summed E-state index contributed by atoms with van der Waals surface area (Å²) in [4.78, 5) is 4.46. The zero-order valence-electron chi connectivity index (χ0n) is 17.0. The Hall–Kier alpha value is -2.29. The molecular weight excluding hydrogens is 412 g/mol. The first kappa shape index (κ1) is 23.0. The largest absolute Gasteiger partial charge is 0.489 e. The number of aliphatic imine (C=N–C) groups is 1. The van der Waals surface area contributed by atoms with Crippen molar-refractivity contribution in [2.75, 3.05) is 27.7 Å². The Kier molecular flexibility index (Phi) is 8.31. The van der Waals surface area contributed by atoms with Crippen LogP contribution in [0.2, 0.25) is 5.02 Å². The summed E-state index contributed by atoms with van der Waals surface area (Å²) in [5.74, 6) is 1.38. The molecule has 0 fully saturated rings. The molecule has 0 saturated heterocycles. The molecule has 2 aromatic rings. The van der Waals surface area contributed by atoms with Crippen LogP contribution in [0.1, 0.15) is 12.5 Å². The molecule has 158 valence electrons. The number of nitrogens with zero attached hydrogens (tertiary/aromatic N) is 2. The summed E-state index contributed by atoms with van der Waals surface area (Å²) in [7, 11) is 1.29. The number of benzene rings is 2. The number of rotatable bonds is 8. The fraction of sp³-hybridized carbons (Fsp3) is 0.350. The monoisotopic (exact) mass is 438 g/mol. The second kappa shape index (κ2) is 10.5. The molecule has 0 amide bonds. The minimum Gasteiger partial charge on any atom is -0.489 e. The van der Waals surface area contributed by atoms with Crippen LogP contribution in [-0.2, 0) is 16.6 Å². The Labute approximate surface area is 177 Å². The van der Waals surface area contributed by atoms with Crippen molar-refractivity contribution < 1.29 is 13.2 Å². The highest BCUT2D eigenvalue weighted by molar-refractivity contribution is 7.89. The lowest BCUT2D eigenvalue weighted by molar-refractivity contribution is 0.224. The maximum absolute atomic E-state index is 12.1. The molecule has 0 spiro atoms. The van der Waals surface area contributed by atoms with E-state index >= 15 is 0 Å². The number of sulfonamides is 1. The van der Waals surface area contributed by atoms with E-state index in [-0.39, 0.29) is 11.0 Å². The lowest BCUT2D eigenvalue weighted by Gasteiger charge is -2.18. The normalized spacial score (nSPS) is 13.2. The van der Waals surface area contributed by atoms with Gasteiger partial charge in [0.05, 0.1) is 11.4 Å². The fourth-order valence-corrected chi connectivity index (χ4v) is 3.45. The van der Waals surface area contributed by atoms with Crippen molar-refractivity contribution in [1.82, 2.24) is 14.9 Å². The summed E-state index contributed by atoms with van der Waals surface area (Å²) in [5, 5.41) is 7.07. The SMILES string of the molecule is CN=C(NCc1ccc(S(=O)(=O)N(C)C)cc1)NCC(C)Oc1ccc(Cl)cc1. The van der Waals surface area contributed by atoms with Crippen molar-refractivity contribution in [3.05, 3.63) is 59.1 Å². The Balaban J connectivity index is 1.83. The van der Waals surface area contributed by atoms with Crippen molar-refractivity contribution in [3.63, 3.8) is 0 Å². The van der Waals surface area contributed by atoms with E-state index < -0.39 is 10.0 Å². The second-order valence-electron chi connectivity index (χ2n) is 6.62. The summed E-state index contributed by atoms with van der Waals surface area (Å²) in [6.07, 6.45) is -0.0785. The Morgan fingerprint density at radius 1 is 1.10 bits per heavy atom. The van der Waals surface area contributed by atoms with Crippen LogP contribution in [0.15, 0.2) is 58.4 Å². The zero-order chi connectivity index (χ0) is 21.4. The predicted molar refractivity (Wildman–Crippen MR) is 117 cm³/mol. The molecule has 7 nitrogen and oxygen atoms in total. The van der Waals surface area contributed by atoms with Crippen LogP contribution in [0, 0.1) is 0 Å². The minimum absolute atomic E-state index is 0.0785. The van der Waals surface area contributed by atoms with Gasteiger partial charge in [-0.1, -0.05) is 23.7 Å². The number of guanidine groups is 1. The number of nitrogens with one attached hydrogen (secondary N) is 2. The van der Waals surface area contributed by atoms with E-state index in [0.29, 0.717) is 24.1 Å². The summed E-state index contributed by atoms with van der Waals surface area (Å²) in [6.45, 7) is 3.02. The van der Waals surface area contributed by atoms with Crippen molar-refractivity contribution >= 4 is 27.6 Å². The minimum atomic E-state index is -3.42. The van der Waals surface area contributed by atoms with Crippen LogP contribution in [0.4, 0.5) is 0 Å².